The van der Waals surface area contributed by atoms with Crippen LogP contribution in [0.3, 0.4) is 0 Å². The van der Waals surface area contributed by atoms with Crippen LogP contribution in [0.1, 0.15) is 63.0 Å². The van der Waals surface area contributed by atoms with Gasteiger partial charge < -0.3 is 4.74 Å². The average Bonchev–Trinajstić information content (AvgIpc) is 2.85. The Labute approximate surface area is 217 Å². The fourth-order valence-corrected chi connectivity index (χ4v) is 5.30. The van der Waals surface area contributed by atoms with Crippen molar-refractivity contribution in [3.05, 3.63) is 82.9 Å². The molecule has 0 heterocycles. The zero-order valence-electron chi connectivity index (χ0n) is 21.0. The summed E-state index contributed by atoms with van der Waals surface area (Å²) in [6, 6.07) is 6.88. The molecule has 8 heteroatoms. The maximum atomic E-state index is 15.4. The molecular weight excluding hydrogens is 509 g/mol. The fourth-order valence-electron chi connectivity index (χ4n) is 5.30. The summed E-state index contributed by atoms with van der Waals surface area (Å²) in [5, 5.41) is 0. The Hall–Kier alpha value is -3.03. The highest BCUT2D eigenvalue weighted by Crippen LogP contribution is 2.41. The number of rotatable bonds is 8. The van der Waals surface area contributed by atoms with Crippen LogP contribution in [0, 0.1) is 35.1 Å². The van der Waals surface area contributed by atoms with Gasteiger partial charge in [-0.05, 0) is 66.6 Å². The first kappa shape index (κ1) is 28.0. The molecule has 4 rings (SSSR count). The van der Waals surface area contributed by atoms with E-state index in [1.165, 1.54) is 6.42 Å². The van der Waals surface area contributed by atoms with Crippen LogP contribution in [0.5, 0.6) is 11.5 Å². The zero-order valence-corrected chi connectivity index (χ0v) is 21.0. The molecule has 0 amide bonds. The van der Waals surface area contributed by atoms with E-state index in [0.717, 1.165) is 68.5 Å². The molecular formula is C30H29F7O. The Morgan fingerprint density at radius 2 is 1.39 bits per heavy atom. The molecule has 0 spiro atoms. The van der Waals surface area contributed by atoms with Crippen LogP contribution in [0.15, 0.2) is 48.5 Å². The molecule has 1 aliphatic carbocycles. The summed E-state index contributed by atoms with van der Waals surface area (Å²) in [5.74, 6) is -3.51. The van der Waals surface area contributed by atoms with Crippen LogP contribution >= 0.6 is 0 Å². The van der Waals surface area contributed by atoms with E-state index in [1.54, 1.807) is 0 Å². The molecule has 1 saturated carbocycles. The number of hydrogen-bond acceptors (Lipinski definition) is 1. The first-order valence-electron chi connectivity index (χ1n) is 12.9. The van der Waals surface area contributed by atoms with Gasteiger partial charge in [-0.1, -0.05) is 51.5 Å². The molecule has 3 aromatic carbocycles. The SMILES string of the molecule is CCCC1CCC(CCc2c(F)ccc(Oc3cc(C(F)(F)F)ccc3-c3cc(F)cc(F)c3)c2F)CC1. The molecule has 0 N–H and O–H groups in total. The lowest BCUT2D eigenvalue weighted by Gasteiger charge is -2.28. The monoisotopic (exact) mass is 538 g/mol. The summed E-state index contributed by atoms with van der Waals surface area (Å²) in [4.78, 5) is 0. The zero-order chi connectivity index (χ0) is 27.4. The fraction of sp³-hybridized carbons (Fsp3) is 0.400. The molecule has 0 unspecified atom stereocenters. The summed E-state index contributed by atoms with van der Waals surface area (Å²) in [6.07, 6.45) is 2.51. The second-order valence-electron chi connectivity index (χ2n) is 10.0. The number of alkyl halides is 3. The smallest absolute Gasteiger partial charge is 0.416 e. The topological polar surface area (TPSA) is 9.23 Å². The van der Waals surface area contributed by atoms with E-state index in [4.69, 9.17) is 4.74 Å². The molecule has 0 atom stereocenters. The van der Waals surface area contributed by atoms with Crippen molar-refractivity contribution < 1.29 is 35.5 Å². The van der Waals surface area contributed by atoms with Gasteiger partial charge in [0, 0.05) is 17.2 Å². The summed E-state index contributed by atoms with van der Waals surface area (Å²) in [6.45, 7) is 2.16. The van der Waals surface area contributed by atoms with Gasteiger partial charge in [-0.25, -0.2) is 17.6 Å². The third kappa shape index (κ3) is 6.69. The molecule has 0 aromatic heterocycles. The van der Waals surface area contributed by atoms with Gasteiger partial charge in [0.2, 0.25) is 0 Å². The Morgan fingerprint density at radius 1 is 0.763 bits per heavy atom. The summed E-state index contributed by atoms with van der Waals surface area (Å²) < 4.78 is 103. The quantitative estimate of drug-likeness (QED) is 0.259. The molecule has 3 aromatic rings. The Kier molecular flexibility index (Phi) is 8.68. The van der Waals surface area contributed by atoms with Gasteiger partial charge >= 0.3 is 6.18 Å². The van der Waals surface area contributed by atoms with E-state index in [1.807, 2.05) is 0 Å². The molecule has 38 heavy (non-hydrogen) atoms. The first-order chi connectivity index (χ1) is 18.0. The maximum absolute atomic E-state index is 15.4. The molecule has 1 nitrogen and oxygen atoms in total. The van der Waals surface area contributed by atoms with Gasteiger partial charge in [-0.15, -0.1) is 0 Å². The summed E-state index contributed by atoms with van der Waals surface area (Å²) in [7, 11) is 0. The molecule has 0 aliphatic heterocycles. The average molecular weight is 539 g/mol. The summed E-state index contributed by atoms with van der Waals surface area (Å²) >= 11 is 0. The van der Waals surface area contributed by atoms with Crippen molar-refractivity contribution in [2.24, 2.45) is 11.8 Å². The molecule has 1 fully saturated rings. The number of hydrogen-bond donors (Lipinski definition) is 0. The van der Waals surface area contributed by atoms with Crippen molar-refractivity contribution in [1.82, 2.24) is 0 Å². The lowest BCUT2D eigenvalue weighted by molar-refractivity contribution is -0.137. The minimum absolute atomic E-state index is 0.0782. The lowest BCUT2D eigenvalue weighted by atomic mass is 9.78. The van der Waals surface area contributed by atoms with E-state index < -0.39 is 46.5 Å². The van der Waals surface area contributed by atoms with Crippen molar-refractivity contribution in [3.63, 3.8) is 0 Å². The molecule has 0 radical (unpaired) electrons. The molecule has 0 saturated heterocycles. The first-order valence-corrected chi connectivity index (χ1v) is 12.9. The van der Waals surface area contributed by atoms with Crippen molar-refractivity contribution in [2.45, 2.75) is 64.5 Å². The predicted molar refractivity (Wildman–Crippen MR) is 132 cm³/mol. The van der Waals surface area contributed by atoms with E-state index in [9.17, 15) is 26.3 Å². The Morgan fingerprint density at radius 3 is 2.00 bits per heavy atom. The minimum atomic E-state index is -4.74. The second-order valence-corrected chi connectivity index (χ2v) is 10.0. The minimum Gasteiger partial charge on any atom is -0.454 e. The highest BCUT2D eigenvalue weighted by atomic mass is 19.4. The van der Waals surface area contributed by atoms with Gasteiger partial charge in [-0.2, -0.15) is 13.2 Å². The van der Waals surface area contributed by atoms with Gasteiger partial charge in [-0.3, -0.25) is 0 Å². The van der Waals surface area contributed by atoms with Crippen LogP contribution in [0.2, 0.25) is 0 Å². The van der Waals surface area contributed by atoms with E-state index >= 15 is 4.39 Å². The van der Waals surface area contributed by atoms with Gasteiger partial charge in [0.05, 0.1) is 5.56 Å². The number of ether oxygens (including phenoxy) is 1. The van der Waals surface area contributed by atoms with Crippen molar-refractivity contribution >= 4 is 0 Å². The highest BCUT2D eigenvalue weighted by molar-refractivity contribution is 5.72. The van der Waals surface area contributed by atoms with E-state index in [-0.39, 0.29) is 23.1 Å². The largest absolute Gasteiger partial charge is 0.454 e. The van der Waals surface area contributed by atoms with E-state index in [0.29, 0.717) is 30.4 Å². The molecule has 204 valence electrons. The Bertz CT molecular complexity index is 1240. The van der Waals surface area contributed by atoms with Crippen LogP contribution in [-0.2, 0) is 12.6 Å². The van der Waals surface area contributed by atoms with Crippen molar-refractivity contribution in [1.29, 1.82) is 0 Å². The van der Waals surface area contributed by atoms with Crippen LogP contribution in [0.4, 0.5) is 30.7 Å². The normalized spacial score (nSPS) is 18.0. The van der Waals surface area contributed by atoms with Crippen molar-refractivity contribution in [2.75, 3.05) is 0 Å². The third-order valence-corrected chi connectivity index (χ3v) is 7.32. The standard InChI is InChI=1S/C30H29F7O/c1-2-3-18-4-6-19(7-5-18)8-10-25-26(33)12-13-27(29(25)34)38-28-16-21(30(35,36)37)9-11-24(28)20-14-22(31)17-23(32)15-20/h9,11-19H,2-8,10H2,1H3. The molecule has 0 bridgehead atoms. The van der Waals surface area contributed by atoms with E-state index in [2.05, 4.69) is 6.92 Å². The number of benzene rings is 3. The summed E-state index contributed by atoms with van der Waals surface area (Å²) in [5.41, 5.74) is -1.45. The Balaban J connectivity index is 1.61. The highest BCUT2D eigenvalue weighted by Gasteiger charge is 2.32. The van der Waals surface area contributed by atoms with Crippen LogP contribution in [0.25, 0.3) is 11.1 Å². The van der Waals surface area contributed by atoms with Gasteiger partial charge in [0.15, 0.2) is 11.6 Å². The van der Waals surface area contributed by atoms with Gasteiger partial charge in [0.1, 0.15) is 23.2 Å². The predicted octanol–water partition coefficient (Wildman–Crippen LogP) is 10.3. The lowest BCUT2D eigenvalue weighted by Crippen LogP contribution is -2.15. The van der Waals surface area contributed by atoms with Crippen LogP contribution in [-0.4, -0.2) is 0 Å². The number of halogens is 7. The van der Waals surface area contributed by atoms with Crippen molar-refractivity contribution in [3.8, 4) is 22.6 Å². The third-order valence-electron chi connectivity index (χ3n) is 7.32. The maximum Gasteiger partial charge on any atom is 0.416 e. The molecule has 1 aliphatic rings. The second kappa shape index (κ2) is 11.8. The van der Waals surface area contributed by atoms with Crippen LogP contribution < -0.4 is 4.74 Å². The van der Waals surface area contributed by atoms with Gasteiger partial charge in [0.25, 0.3) is 0 Å².